The van der Waals surface area contributed by atoms with E-state index in [1.54, 1.807) is 11.3 Å². The Morgan fingerprint density at radius 3 is 3.00 bits per heavy atom. The number of fused-ring (bicyclic) bond motifs is 2. The van der Waals surface area contributed by atoms with E-state index in [1.807, 2.05) is 0 Å². The summed E-state index contributed by atoms with van der Waals surface area (Å²) in [4.78, 5) is 15.0. The average molecular weight is 306 g/mol. The lowest BCUT2D eigenvalue weighted by Gasteiger charge is -2.33. The molecule has 0 radical (unpaired) electrons. The van der Waals surface area contributed by atoms with Crippen molar-refractivity contribution in [3.05, 3.63) is 22.4 Å². The number of thiophene rings is 1. The summed E-state index contributed by atoms with van der Waals surface area (Å²) in [6.07, 6.45) is 5.89. The van der Waals surface area contributed by atoms with Gasteiger partial charge in [-0.1, -0.05) is 13.3 Å². The first-order valence-electron chi connectivity index (χ1n) is 8.03. The number of carbonyl (C=O) groups is 1. The van der Waals surface area contributed by atoms with Gasteiger partial charge in [-0.05, 0) is 48.1 Å². The van der Waals surface area contributed by atoms with Crippen LogP contribution in [-0.2, 0) is 9.53 Å². The number of hydrogen-bond acceptors (Lipinski definition) is 4. The highest BCUT2D eigenvalue weighted by Crippen LogP contribution is 2.42. The van der Waals surface area contributed by atoms with Crippen LogP contribution in [0.15, 0.2) is 16.8 Å². The molecule has 3 aliphatic rings. The van der Waals surface area contributed by atoms with Gasteiger partial charge in [0, 0.05) is 0 Å². The lowest BCUT2D eigenvalue weighted by Crippen LogP contribution is -2.45. The third-order valence-electron chi connectivity index (χ3n) is 5.06. The van der Waals surface area contributed by atoms with Crippen molar-refractivity contribution < 1.29 is 9.53 Å². The Balaban J connectivity index is 1.62. The average Bonchev–Trinajstić information content (AvgIpc) is 3.22. The van der Waals surface area contributed by atoms with E-state index in [2.05, 4.69) is 34.0 Å². The highest BCUT2D eigenvalue weighted by atomic mass is 32.1. The second-order valence-corrected chi connectivity index (χ2v) is 7.17. The molecule has 0 saturated carbocycles. The molecule has 4 nitrogen and oxygen atoms in total. The largest absolute Gasteiger partial charge is 0.373 e. The van der Waals surface area contributed by atoms with Gasteiger partial charge in [0.1, 0.15) is 6.17 Å². The van der Waals surface area contributed by atoms with Gasteiger partial charge in [0.15, 0.2) is 0 Å². The van der Waals surface area contributed by atoms with Gasteiger partial charge in [-0.15, -0.1) is 0 Å². The van der Waals surface area contributed by atoms with E-state index < -0.39 is 0 Å². The van der Waals surface area contributed by atoms with E-state index in [4.69, 9.17) is 4.74 Å². The van der Waals surface area contributed by atoms with Crippen LogP contribution in [0, 0.1) is 0 Å². The van der Waals surface area contributed by atoms with Crippen molar-refractivity contribution in [1.29, 1.82) is 0 Å². The smallest absolute Gasteiger partial charge is 0.241 e. The Morgan fingerprint density at radius 2 is 2.38 bits per heavy atom. The van der Waals surface area contributed by atoms with E-state index in [0.29, 0.717) is 6.10 Å². The van der Waals surface area contributed by atoms with E-state index in [-0.39, 0.29) is 30.3 Å². The summed E-state index contributed by atoms with van der Waals surface area (Å²) in [5.74, 6) is 0.272. The fourth-order valence-electron chi connectivity index (χ4n) is 4.09. The summed E-state index contributed by atoms with van der Waals surface area (Å²) < 4.78 is 5.99. The van der Waals surface area contributed by atoms with E-state index >= 15 is 0 Å². The van der Waals surface area contributed by atoms with Crippen LogP contribution in [-0.4, -0.2) is 35.1 Å². The molecule has 114 valence electrons. The van der Waals surface area contributed by atoms with Crippen molar-refractivity contribution >= 4 is 17.2 Å². The van der Waals surface area contributed by atoms with Crippen molar-refractivity contribution in [2.45, 2.75) is 69.5 Å². The zero-order valence-corrected chi connectivity index (χ0v) is 13.1. The summed E-state index contributed by atoms with van der Waals surface area (Å²) in [6.45, 7) is 2.14. The van der Waals surface area contributed by atoms with Crippen LogP contribution in [0.25, 0.3) is 0 Å². The number of amides is 1. The van der Waals surface area contributed by atoms with Crippen molar-refractivity contribution in [2.75, 3.05) is 0 Å². The Morgan fingerprint density at radius 1 is 1.48 bits per heavy atom. The summed E-state index contributed by atoms with van der Waals surface area (Å²) in [6, 6.07) is 2.36. The SMILES string of the molecule is CCCC1NC(c2ccsc2)N(C2CC3CCC2O3)C1=O. The third kappa shape index (κ3) is 2.22. The molecule has 2 bridgehead atoms. The molecule has 3 fully saturated rings. The summed E-state index contributed by atoms with van der Waals surface area (Å²) in [5, 5.41) is 7.80. The minimum atomic E-state index is -0.0287. The van der Waals surface area contributed by atoms with Crippen LogP contribution in [0.2, 0.25) is 0 Å². The Labute approximate surface area is 129 Å². The maximum absolute atomic E-state index is 12.9. The minimum Gasteiger partial charge on any atom is -0.373 e. The molecule has 0 spiro atoms. The highest BCUT2D eigenvalue weighted by Gasteiger charge is 2.51. The van der Waals surface area contributed by atoms with Gasteiger partial charge in [0.25, 0.3) is 0 Å². The van der Waals surface area contributed by atoms with Crippen LogP contribution in [0.5, 0.6) is 0 Å². The Kier molecular flexibility index (Phi) is 3.52. The molecule has 5 atom stereocenters. The van der Waals surface area contributed by atoms with Gasteiger partial charge in [-0.2, -0.15) is 11.3 Å². The summed E-state index contributed by atoms with van der Waals surface area (Å²) in [5.41, 5.74) is 1.22. The van der Waals surface area contributed by atoms with Crippen molar-refractivity contribution in [2.24, 2.45) is 0 Å². The molecule has 1 N–H and O–H groups in total. The molecule has 1 aromatic rings. The predicted molar refractivity (Wildman–Crippen MR) is 82.0 cm³/mol. The van der Waals surface area contributed by atoms with Gasteiger partial charge >= 0.3 is 0 Å². The standard InChI is InChI=1S/C16H22N2O2S/c1-2-3-12-16(19)18(13-8-11-4-5-14(13)20-11)15(17-12)10-6-7-21-9-10/h6-7,9,11-15,17H,2-5,8H2,1H3. The van der Waals surface area contributed by atoms with E-state index in [0.717, 1.165) is 32.1 Å². The van der Waals surface area contributed by atoms with Crippen molar-refractivity contribution in [1.82, 2.24) is 10.2 Å². The predicted octanol–water partition coefficient (Wildman–Crippen LogP) is 2.67. The lowest BCUT2D eigenvalue weighted by molar-refractivity contribution is -0.133. The number of rotatable bonds is 4. The molecule has 21 heavy (non-hydrogen) atoms. The second-order valence-electron chi connectivity index (χ2n) is 6.39. The molecule has 4 rings (SSSR count). The second kappa shape index (κ2) is 5.38. The topological polar surface area (TPSA) is 41.6 Å². The summed E-state index contributed by atoms with van der Waals surface area (Å²) >= 11 is 1.69. The number of ether oxygens (including phenoxy) is 1. The molecule has 5 heteroatoms. The maximum atomic E-state index is 12.9. The van der Waals surface area contributed by atoms with Crippen molar-refractivity contribution in [3.63, 3.8) is 0 Å². The maximum Gasteiger partial charge on any atom is 0.241 e. The van der Waals surface area contributed by atoms with Crippen molar-refractivity contribution in [3.8, 4) is 0 Å². The third-order valence-corrected chi connectivity index (χ3v) is 5.76. The van der Waals surface area contributed by atoms with Gasteiger partial charge in [0.2, 0.25) is 5.91 Å². The van der Waals surface area contributed by atoms with Crippen LogP contribution in [0.1, 0.15) is 50.8 Å². The van der Waals surface area contributed by atoms with Crippen LogP contribution in [0.3, 0.4) is 0 Å². The quantitative estimate of drug-likeness (QED) is 0.930. The molecule has 3 aliphatic heterocycles. The first-order valence-corrected chi connectivity index (χ1v) is 8.98. The van der Waals surface area contributed by atoms with Gasteiger partial charge in [0.05, 0.1) is 24.3 Å². The van der Waals surface area contributed by atoms with Crippen LogP contribution >= 0.6 is 11.3 Å². The Bertz CT molecular complexity index is 518. The monoisotopic (exact) mass is 306 g/mol. The molecule has 1 aromatic heterocycles. The van der Waals surface area contributed by atoms with E-state index in [1.165, 1.54) is 5.56 Å². The zero-order valence-electron chi connectivity index (χ0n) is 12.3. The number of carbonyl (C=O) groups excluding carboxylic acids is 1. The highest BCUT2D eigenvalue weighted by molar-refractivity contribution is 7.07. The molecule has 0 aliphatic carbocycles. The number of nitrogens with one attached hydrogen (secondary N) is 1. The summed E-state index contributed by atoms with van der Waals surface area (Å²) in [7, 11) is 0. The molecule has 1 amide bonds. The first-order chi connectivity index (χ1) is 10.3. The molecule has 5 unspecified atom stereocenters. The van der Waals surface area contributed by atoms with Gasteiger partial charge in [-0.25, -0.2) is 0 Å². The number of nitrogens with zero attached hydrogens (tertiary/aromatic N) is 1. The zero-order chi connectivity index (χ0) is 14.4. The van der Waals surface area contributed by atoms with Crippen LogP contribution < -0.4 is 5.32 Å². The van der Waals surface area contributed by atoms with Crippen LogP contribution in [0.4, 0.5) is 0 Å². The molecule has 0 aromatic carbocycles. The van der Waals surface area contributed by atoms with Gasteiger partial charge < -0.3 is 9.64 Å². The van der Waals surface area contributed by atoms with Gasteiger partial charge in [-0.3, -0.25) is 10.1 Å². The minimum absolute atomic E-state index is 0.0287. The fourth-order valence-corrected chi connectivity index (χ4v) is 4.77. The molecule has 4 heterocycles. The number of hydrogen-bond donors (Lipinski definition) is 1. The Hall–Kier alpha value is -0.910. The first kappa shape index (κ1) is 13.7. The fraction of sp³-hybridized carbons (Fsp3) is 0.688. The molecular formula is C16H22N2O2S. The normalized spacial score (nSPS) is 38.6. The van der Waals surface area contributed by atoms with E-state index in [9.17, 15) is 4.79 Å². The molecular weight excluding hydrogens is 284 g/mol. The molecule has 3 saturated heterocycles. The lowest BCUT2D eigenvalue weighted by atomic mass is 9.93.